The maximum atomic E-state index is 5.99. The fraction of sp³-hybridized carbons (Fsp3) is 1.00. The third kappa shape index (κ3) is 3.39. The summed E-state index contributed by atoms with van der Waals surface area (Å²) < 4.78 is 5.99. The molecular formula is C9H20OSi. The molecule has 1 atom stereocenters. The maximum Gasteiger partial charge on any atom is 0.177 e. The van der Waals surface area contributed by atoms with E-state index in [9.17, 15) is 0 Å². The van der Waals surface area contributed by atoms with Crippen LogP contribution in [0.1, 0.15) is 39.5 Å². The third-order valence-electron chi connectivity index (χ3n) is 2.42. The van der Waals surface area contributed by atoms with Gasteiger partial charge in [0.15, 0.2) is 9.04 Å². The predicted octanol–water partition coefficient (Wildman–Crippen LogP) is 2.71. The zero-order valence-corrected chi connectivity index (χ0v) is 8.96. The van der Waals surface area contributed by atoms with E-state index >= 15 is 0 Å². The van der Waals surface area contributed by atoms with Gasteiger partial charge in [-0.25, -0.2) is 0 Å². The zero-order chi connectivity index (χ0) is 8.10. The minimum absolute atomic E-state index is 0.551. The summed E-state index contributed by atoms with van der Waals surface area (Å²) in [6.45, 7) is 4.46. The van der Waals surface area contributed by atoms with Crippen LogP contribution < -0.4 is 0 Å². The van der Waals surface area contributed by atoms with Crippen LogP contribution in [0, 0.1) is 0 Å². The van der Waals surface area contributed by atoms with Gasteiger partial charge in [-0.1, -0.05) is 26.2 Å². The van der Waals surface area contributed by atoms with Crippen LogP contribution in [0.25, 0.3) is 0 Å². The number of hydrogen-bond acceptors (Lipinski definition) is 1. The molecule has 0 N–H and O–H groups in total. The van der Waals surface area contributed by atoms with Crippen LogP contribution in [0.5, 0.6) is 0 Å². The molecule has 0 aliphatic carbocycles. The van der Waals surface area contributed by atoms with Crippen LogP contribution in [0.4, 0.5) is 0 Å². The van der Waals surface area contributed by atoms with Crippen molar-refractivity contribution < 1.29 is 4.43 Å². The average molecular weight is 172 g/mol. The van der Waals surface area contributed by atoms with Gasteiger partial charge >= 0.3 is 0 Å². The lowest BCUT2D eigenvalue weighted by molar-refractivity contribution is 0.210. The van der Waals surface area contributed by atoms with Crippen molar-refractivity contribution in [3.05, 3.63) is 0 Å². The molecule has 0 saturated carbocycles. The Hall–Kier alpha value is 0.177. The van der Waals surface area contributed by atoms with E-state index < -0.39 is 9.04 Å². The Morgan fingerprint density at radius 1 is 1.36 bits per heavy atom. The number of rotatable bonds is 4. The fourth-order valence-electron chi connectivity index (χ4n) is 1.83. The predicted molar refractivity (Wildman–Crippen MR) is 51.5 cm³/mol. The Morgan fingerprint density at radius 2 is 2.00 bits per heavy atom. The molecule has 1 aliphatic rings. The van der Waals surface area contributed by atoms with Gasteiger partial charge in [0.05, 0.1) is 0 Å². The van der Waals surface area contributed by atoms with E-state index in [1.807, 2.05) is 0 Å². The van der Waals surface area contributed by atoms with Gasteiger partial charge in [0.25, 0.3) is 0 Å². The quantitative estimate of drug-likeness (QED) is 0.592. The lowest BCUT2D eigenvalue weighted by Gasteiger charge is -2.16. The molecule has 1 fully saturated rings. The molecule has 2 heteroatoms. The third-order valence-corrected chi connectivity index (χ3v) is 5.38. The summed E-state index contributed by atoms with van der Waals surface area (Å²) in [6.07, 6.45) is 5.95. The lowest BCUT2D eigenvalue weighted by atomic mass is 10.2. The van der Waals surface area contributed by atoms with Gasteiger partial charge in [0, 0.05) is 6.10 Å². The van der Waals surface area contributed by atoms with E-state index in [0.717, 1.165) is 0 Å². The molecule has 0 radical (unpaired) electrons. The normalized spacial score (nSPS) is 22.4. The van der Waals surface area contributed by atoms with Gasteiger partial charge in [-0.05, 0) is 25.4 Å². The summed E-state index contributed by atoms with van der Waals surface area (Å²) in [5.74, 6) is 0. The second kappa shape index (κ2) is 4.94. The summed E-state index contributed by atoms with van der Waals surface area (Å²) in [7, 11) is -0.670. The zero-order valence-electron chi connectivity index (χ0n) is 7.81. The van der Waals surface area contributed by atoms with E-state index in [0.29, 0.717) is 6.10 Å². The first-order valence-electron chi connectivity index (χ1n) is 4.98. The minimum Gasteiger partial charge on any atom is -0.417 e. The second-order valence-corrected chi connectivity index (χ2v) is 6.31. The highest BCUT2D eigenvalue weighted by Gasteiger charge is 2.19. The van der Waals surface area contributed by atoms with Crippen molar-refractivity contribution in [2.45, 2.75) is 57.7 Å². The van der Waals surface area contributed by atoms with Crippen molar-refractivity contribution in [3.8, 4) is 0 Å². The van der Waals surface area contributed by atoms with Gasteiger partial charge in [-0.15, -0.1) is 0 Å². The fourth-order valence-corrected chi connectivity index (χ4v) is 4.67. The van der Waals surface area contributed by atoms with Crippen molar-refractivity contribution in [1.29, 1.82) is 0 Å². The van der Waals surface area contributed by atoms with E-state index in [-0.39, 0.29) is 0 Å². The van der Waals surface area contributed by atoms with Crippen molar-refractivity contribution in [1.82, 2.24) is 0 Å². The SMILES string of the molecule is CCCC(C)O[SiH]1CCCC1. The highest BCUT2D eigenvalue weighted by molar-refractivity contribution is 6.52. The van der Waals surface area contributed by atoms with Crippen LogP contribution in [0.2, 0.25) is 12.1 Å². The molecule has 1 saturated heterocycles. The molecule has 1 unspecified atom stereocenters. The molecule has 0 aromatic rings. The van der Waals surface area contributed by atoms with Crippen LogP contribution in [0.15, 0.2) is 0 Å². The molecule has 0 amide bonds. The summed E-state index contributed by atoms with van der Waals surface area (Å²) in [5.41, 5.74) is 0. The van der Waals surface area contributed by atoms with Crippen molar-refractivity contribution >= 4 is 9.04 Å². The van der Waals surface area contributed by atoms with Gasteiger partial charge in [0.1, 0.15) is 0 Å². The second-order valence-electron chi connectivity index (χ2n) is 3.64. The molecular weight excluding hydrogens is 152 g/mol. The Balaban J connectivity index is 2.08. The lowest BCUT2D eigenvalue weighted by Crippen LogP contribution is -2.20. The van der Waals surface area contributed by atoms with E-state index in [1.165, 1.54) is 37.8 Å². The van der Waals surface area contributed by atoms with Crippen LogP contribution >= 0.6 is 0 Å². The highest BCUT2D eigenvalue weighted by atomic mass is 28.3. The summed E-state index contributed by atoms with van der Waals surface area (Å²) in [6, 6.07) is 2.88. The van der Waals surface area contributed by atoms with Gasteiger partial charge in [-0.2, -0.15) is 0 Å². The summed E-state index contributed by atoms with van der Waals surface area (Å²) in [5, 5.41) is 0. The standard InChI is InChI=1S/C9H20OSi/c1-3-6-9(2)10-11-7-4-5-8-11/h9,11H,3-8H2,1-2H3. The molecule has 66 valence electrons. The Labute approximate surface area is 71.9 Å². The largest absolute Gasteiger partial charge is 0.417 e. The first-order chi connectivity index (χ1) is 5.33. The van der Waals surface area contributed by atoms with Gasteiger partial charge in [0.2, 0.25) is 0 Å². The van der Waals surface area contributed by atoms with E-state index in [1.54, 1.807) is 0 Å². The molecule has 0 aromatic carbocycles. The first kappa shape index (κ1) is 9.27. The van der Waals surface area contributed by atoms with Crippen LogP contribution in [-0.4, -0.2) is 15.1 Å². The monoisotopic (exact) mass is 172 g/mol. The van der Waals surface area contributed by atoms with E-state index in [2.05, 4.69) is 13.8 Å². The summed E-state index contributed by atoms with van der Waals surface area (Å²) >= 11 is 0. The number of hydrogen-bond donors (Lipinski definition) is 0. The molecule has 0 spiro atoms. The van der Waals surface area contributed by atoms with Crippen molar-refractivity contribution in [2.75, 3.05) is 0 Å². The Bertz CT molecular complexity index is 99.7. The van der Waals surface area contributed by atoms with Gasteiger partial charge in [-0.3, -0.25) is 0 Å². The molecule has 1 aliphatic heterocycles. The van der Waals surface area contributed by atoms with E-state index in [4.69, 9.17) is 4.43 Å². The van der Waals surface area contributed by atoms with Crippen LogP contribution in [0.3, 0.4) is 0 Å². The minimum atomic E-state index is -0.670. The van der Waals surface area contributed by atoms with Crippen molar-refractivity contribution in [3.63, 3.8) is 0 Å². The molecule has 0 aromatic heterocycles. The Morgan fingerprint density at radius 3 is 2.55 bits per heavy atom. The molecule has 0 bridgehead atoms. The van der Waals surface area contributed by atoms with Gasteiger partial charge < -0.3 is 4.43 Å². The smallest absolute Gasteiger partial charge is 0.177 e. The molecule has 1 nitrogen and oxygen atoms in total. The Kier molecular flexibility index (Phi) is 4.16. The maximum absolute atomic E-state index is 5.99. The first-order valence-corrected chi connectivity index (χ1v) is 7.09. The average Bonchev–Trinajstić information content (AvgIpc) is 2.40. The molecule has 11 heavy (non-hydrogen) atoms. The van der Waals surface area contributed by atoms with Crippen LogP contribution in [-0.2, 0) is 4.43 Å². The summed E-state index contributed by atoms with van der Waals surface area (Å²) in [4.78, 5) is 0. The molecule has 1 rings (SSSR count). The topological polar surface area (TPSA) is 9.23 Å². The highest BCUT2D eigenvalue weighted by Crippen LogP contribution is 2.21. The van der Waals surface area contributed by atoms with Crippen molar-refractivity contribution in [2.24, 2.45) is 0 Å². The molecule has 1 heterocycles.